The number of rotatable bonds is 11. The van der Waals surface area contributed by atoms with Crippen molar-refractivity contribution in [2.24, 2.45) is 28.5 Å². The average Bonchev–Trinajstić information content (AvgIpc) is 3.47. The monoisotopic (exact) mass is 480 g/mol. The number of hydrogen-bond donors (Lipinski definition) is 2. The normalized spacial score (nSPS) is 26.5. The fourth-order valence-electron chi connectivity index (χ4n) is 5.67. The molecule has 3 aliphatic carbocycles. The molecule has 5 nitrogen and oxygen atoms in total. The van der Waals surface area contributed by atoms with Crippen molar-refractivity contribution >= 4 is 17.6 Å². The number of hydrogen-bond acceptors (Lipinski definition) is 5. The number of ketones is 1. The maximum Gasteiger partial charge on any atom is 0.158 e. The summed E-state index contributed by atoms with van der Waals surface area (Å²) in [6.07, 6.45) is 16.4. The van der Waals surface area contributed by atoms with Gasteiger partial charge in [0, 0.05) is 37.7 Å². The molecule has 1 aromatic rings. The van der Waals surface area contributed by atoms with Crippen LogP contribution in [0.5, 0.6) is 0 Å². The Hall–Kier alpha value is -2.67. The quantitative estimate of drug-likeness (QED) is 0.348. The Kier molecular flexibility index (Phi) is 9.90. The molecule has 0 saturated heterocycles. The lowest BCUT2D eigenvalue weighted by Gasteiger charge is -2.25. The van der Waals surface area contributed by atoms with E-state index >= 15 is 0 Å². The molecule has 2 bridgehead atoms. The Labute approximate surface area is 207 Å². The molecule has 6 heteroatoms. The van der Waals surface area contributed by atoms with E-state index in [1.165, 1.54) is 25.5 Å². The van der Waals surface area contributed by atoms with Crippen molar-refractivity contribution < 1.29 is 19.3 Å². The van der Waals surface area contributed by atoms with E-state index in [1.807, 2.05) is 30.4 Å². The topological polar surface area (TPSA) is 84.9 Å². The predicted molar refractivity (Wildman–Crippen MR) is 140 cm³/mol. The molecule has 3 aliphatic rings. The Morgan fingerprint density at radius 3 is 2.89 bits per heavy atom. The van der Waals surface area contributed by atoms with Crippen LogP contribution in [0.4, 0.5) is 4.70 Å². The fraction of sp³-hybridized carbons (Fsp3) is 0.448. The first-order valence-corrected chi connectivity index (χ1v) is 12.4. The van der Waals surface area contributed by atoms with Crippen LogP contribution < -0.4 is 5.73 Å². The zero-order valence-corrected chi connectivity index (χ0v) is 20.2. The Bertz CT molecular complexity index is 1010. The van der Waals surface area contributed by atoms with E-state index in [4.69, 9.17) is 10.5 Å². The van der Waals surface area contributed by atoms with Crippen molar-refractivity contribution in [1.29, 1.82) is 0 Å². The number of aliphatic hydroxyl groups excluding tert-OH is 1. The van der Waals surface area contributed by atoms with Gasteiger partial charge in [-0.25, -0.2) is 0 Å². The number of carbonyl (C=O) groups is 1. The number of carbonyl (C=O) groups excluding carboxylic acids is 1. The lowest BCUT2D eigenvalue weighted by atomic mass is 9.82. The van der Waals surface area contributed by atoms with Gasteiger partial charge in [-0.1, -0.05) is 49.1 Å². The van der Waals surface area contributed by atoms with E-state index < -0.39 is 6.29 Å². The van der Waals surface area contributed by atoms with Gasteiger partial charge in [-0.15, -0.1) is 0 Å². The van der Waals surface area contributed by atoms with Crippen LogP contribution in [0.2, 0.25) is 0 Å². The minimum atomic E-state index is -0.792. The van der Waals surface area contributed by atoms with Gasteiger partial charge in [0.05, 0.1) is 6.10 Å². The van der Waals surface area contributed by atoms with Gasteiger partial charge < -0.3 is 15.6 Å². The van der Waals surface area contributed by atoms with Gasteiger partial charge in [0.15, 0.2) is 6.29 Å². The van der Waals surface area contributed by atoms with Crippen LogP contribution >= 0.6 is 0 Å². The SMILES string of the molecule is C=CN=C/C=C/CC(=O)C1C=CC(CN)=C(c2cccc(CC(O)OC3CC4CCC3C4)c2)C1.F. The van der Waals surface area contributed by atoms with E-state index in [2.05, 4.69) is 23.7 Å². The highest BCUT2D eigenvalue weighted by Gasteiger charge is 2.41. The van der Waals surface area contributed by atoms with Gasteiger partial charge in [0.1, 0.15) is 5.78 Å². The third-order valence-corrected chi connectivity index (χ3v) is 7.40. The summed E-state index contributed by atoms with van der Waals surface area (Å²) in [5, 5.41) is 10.6. The van der Waals surface area contributed by atoms with Gasteiger partial charge >= 0.3 is 0 Å². The number of fused-ring (bicyclic) bond motifs is 2. The summed E-state index contributed by atoms with van der Waals surface area (Å²) >= 11 is 0. The Balaban J connectivity index is 0.00000342. The zero-order chi connectivity index (χ0) is 23.9. The molecule has 0 heterocycles. The zero-order valence-electron chi connectivity index (χ0n) is 20.2. The highest BCUT2D eigenvalue weighted by molar-refractivity contribution is 5.88. The molecule has 5 unspecified atom stereocenters. The maximum absolute atomic E-state index is 12.8. The lowest BCUT2D eigenvalue weighted by Crippen LogP contribution is -2.28. The fourth-order valence-corrected chi connectivity index (χ4v) is 5.67. The molecular weight excluding hydrogens is 443 g/mol. The van der Waals surface area contributed by atoms with Crippen LogP contribution in [0.1, 0.15) is 49.7 Å². The van der Waals surface area contributed by atoms with E-state index in [1.54, 1.807) is 12.3 Å². The lowest BCUT2D eigenvalue weighted by molar-refractivity contribution is -0.147. The second-order valence-electron chi connectivity index (χ2n) is 9.67. The van der Waals surface area contributed by atoms with Crippen molar-refractivity contribution in [2.75, 3.05) is 6.54 Å². The van der Waals surface area contributed by atoms with Gasteiger partial charge in [-0.2, -0.15) is 0 Å². The molecular formula is C29H37FN2O3. The van der Waals surface area contributed by atoms with E-state index in [0.29, 0.717) is 31.7 Å². The molecule has 2 fully saturated rings. The highest BCUT2D eigenvalue weighted by Crippen LogP contribution is 2.46. The van der Waals surface area contributed by atoms with Crippen molar-refractivity contribution in [2.45, 2.75) is 57.3 Å². The van der Waals surface area contributed by atoms with E-state index in [9.17, 15) is 9.90 Å². The molecule has 0 spiro atoms. The van der Waals surface area contributed by atoms with Crippen molar-refractivity contribution in [1.82, 2.24) is 0 Å². The number of nitrogens with two attached hydrogens (primary N) is 1. The molecule has 0 aliphatic heterocycles. The van der Waals surface area contributed by atoms with Crippen molar-refractivity contribution in [3.8, 4) is 0 Å². The molecule has 2 saturated carbocycles. The maximum atomic E-state index is 12.8. The molecule has 188 valence electrons. The first-order chi connectivity index (χ1) is 16.6. The summed E-state index contributed by atoms with van der Waals surface area (Å²) in [6, 6.07) is 8.19. The summed E-state index contributed by atoms with van der Waals surface area (Å²) in [7, 11) is 0. The van der Waals surface area contributed by atoms with Gasteiger partial charge in [0.25, 0.3) is 0 Å². The molecule has 0 aromatic heterocycles. The predicted octanol–water partition coefficient (Wildman–Crippen LogP) is 4.92. The van der Waals surface area contributed by atoms with Crippen LogP contribution in [-0.4, -0.2) is 36.0 Å². The molecule has 4 rings (SSSR count). The second-order valence-corrected chi connectivity index (χ2v) is 9.67. The summed E-state index contributed by atoms with van der Waals surface area (Å²) in [4.78, 5) is 16.7. The summed E-state index contributed by atoms with van der Waals surface area (Å²) in [5.41, 5.74) is 10.3. The molecule has 0 amide bonds. The average molecular weight is 481 g/mol. The first kappa shape index (κ1) is 26.9. The van der Waals surface area contributed by atoms with E-state index in [-0.39, 0.29) is 22.5 Å². The minimum absolute atomic E-state index is 0. The Morgan fingerprint density at radius 1 is 1.31 bits per heavy atom. The number of benzene rings is 1. The molecule has 5 atom stereocenters. The molecule has 35 heavy (non-hydrogen) atoms. The third-order valence-electron chi connectivity index (χ3n) is 7.40. The highest BCUT2D eigenvalue weighted by atomic mass is 19.0. The van der Waals surface area contributed by atoms with Crippen LogP contribution in [0.3, 0.4) is 0 Å². The standard InChI is InChI=1S/C29H36N2O3.FH/c1-2-31-13-4-3-8-27(32)23-11-12-25(19-30)26(18-23)22-7-5-6-20(14-22)17-29(33)34-28-16-21-9-10-24(28)15-21;/h2-7,11-14,21,23-24,28-29,33H,1,8-10,15-19,30H2;1H/b4-3+,31-13?;. The summed E-state index contributed by atoms with van der Waals surface area (Å²) in [6.45, 7) is 3.95. The Morgan fingerprint density at radius 2 is 2.17 bits per heavy atom. The van der Waals surface area contributed by atoms with Gasteiger partial charge in [0.2, 0.25) is 0 Å². The summed E-state index contributed by atoms with van der Waals surface area (Å²) in [5.74, 6) is 1.40. The number of ether oxygens (including phenoxy) is 1. The first-order valence-electron chi connectivity index (χ1n) is 12.4. The minimum Gasteiger partial charge on any atom is -0.368 e. The second kappa shape index (κ2) is 12.9. The van der Waals surface area contributed by atoms with Gasteiger partial charge in [-0.3, -0.25) is 14.5 Å². The number of Topliss-reactive ketones (excluding diaryl/α,β-unsaturated/α-hetero) is 1. The van der Waals surface area contributed by atoms with Crippen LogP contribution in [0.25, 0.3) is 5.57 Å². The number of aliphatic imine (C=N–C) groups is 1. The number of aliphatic hydroxyl groups is 1. The smallest absolute Gasteiger partial charge is 0.158 e. The van der Waals surface area contributed by atoms with Crippen molar-refractivity contribution in [3.05, 3.63) is 78.0 Å². The number of halogens is 1. The molecule has 1 aromatic carbocycles. The van der Waals surface area contributed by atoms with Crippen LogP contribution in [-0.2, 0) is 16.0 Å². The van der Waals surface area contributed by atoms with Gasteiger partial charge in [-0.05, 0) is 72.3 Å². The summed E-state index contributed by atoms with van der Waals surface area (Å²) < 4.78 is 6.03. The molecule has 3 N–H and O–H groups in total. The third kappa shape index (κ3) is 6.94. The molecule has 0 radical (unpaired) electrons. The number of nitrogens with zero attached hydrogens (tertiary/aromatic N) is 1. The van der Waals surface area contributed by atoms with Crippen molar-refractivity contribution in [3.63, 3.8) is 0 Å². The number of allylic oxidation sites excluding steroid dienone is 4. The largest absolute Gasteiger partial charge is 0.368 e. The van der Waals surface area contributed by atoms with E-state index in [0.717, 1.165) is 34.6 Å². The van der Waals surface area contributed by atoms with Crippen LogP contribution in [0, 0.1) is 17.8 Å². The van der Waals surface area contributed by atoms with Crippen LogP contribution in [0.15, 0.2) is 71.9 Å².